The number of hydrogen-bond donors (Lipinski definition) is 3. The zero-order valence-electron chi connectivity index (χ0n) is 6.78. The Kier molecular flexibility index (Phi) is 7.87. The standard InChI is InChI=1S/C4H10O7P2.Na.H/c1-4(5)11-13(9,10)3-2-12(6,7)8;;/h2-3H2,1H3,(H,9,10)(H2,6,7,8);;. The fraction of sp³-hybridized carbons (Fsp3) is 0.750. The Morgan fingerprint density at radius 3 is 1.93 bits per heavy atom. The van der Waals surface area contributed by atoms with Crippen molar-refractivity contribution >= 4 is 50.7 Å². The van der Waals surface area contributed by atoms with Crippen LogP contribution in [0.2, 0.25) is 0 Å². The molecule has 1 unspecified atom stereocenters. The van der Waals surface area contributed by atoms with Gasteiger partial charge in [0.15, 0.2) is 0 Å². The fourth-order valence-corrected chi connectivity index (χ4v) is 3.05. The molecule has 7 nitrogen and oxygen atoms in total. The molecule has 0 aliphatic heterocycles. The topological polar surface area (TPSA) is 121 Å². The number of hydrogen-bond acceptors (Lipinski definition) is 4. The van der Waals surface area contributed by atoms with Crippen molar-refractivity contribution in [1.29, 1.82) is 0 Å². The molecule has 0 saturated heterocycles. The maximum atomic E-state index is 10.8. The summed E-state index contributed by atoms with van der Waals surface area (Å²) >= 11 is 0. The first-order valence-electron chi connectivity index (χ1n) is 3.19. The van der Waals surface area contributed by atoms with E-state index in [9.17, 15) is 13.9 Å². The zero-order valence-corrected chi connectivity index (χ0v) is 8.57. The van der Waals surface area contributed by atoms with Gasteiger partial charge in [-0.15, -0.1) is 0 Å². The Hall–Kier alpha value is 0.810. The van der Waals surface area contributed by atoms with Crippen LogP contribution in [0.3, 0.4) is 0 Å². The van der Waals surface area contributed by atoms with Crippen molar-refractivity contribution in [2.24, 2.45) is 0 Å². The van der Waals surface area contributed by atoms with Gasteiger partial charge in [-0.2, -0.15) is 0 Å². The summed E-state index contributed by atoms with van der Waals surface area (Å²) in [6.45, 7) is 0.931. The molecule has 0 aromatic heterocycles. The number of carbonyl (C=O) groups excluding carboxylic acids is 1. The van der Waals surface area contributed by atoms with E-state index in [0.717, 1.165) is 6.92 Å². The summed E-state index contributed by atoms with van der Waals surface area (Å²) in [6.07, 6.45) is -1.52. The molecule has 0 rings (SSSR count). The van der Waals surface area contributed by atoms with Crippen LogP contribution in [-0.4, -0.2) is 62.5 Å². The molecule has 80 valence electrons. The molecule has 0 spiro atoms. The van der Waals surface area contributed by atoms with Crippen LogP contribution in [0.1, 0.15) is 6.92 Å². The van der Waals surface area contributed by atoms with E-state index >= 15 is 0 Å². The van der Waals surface area contributed by atoms with Crippen LogP contribution in [-0.2, 0) is 18.4 Å². The van der Waals surface area contributed by atoms with E-state index in [4.69, 9.17) is 14.7 Å². The van der Waals surface area contributed by atoms with Crippen molar-refractivity contribution in [3.63, 3.8) is 0 Å². The van der Waals surface area contributed by atoms with E-state index < -0.39 is 33.5 Å². The molecule has 1 atom stereocenters. The average molecular weight is 256 g/mol. The molecular formula is C4H11NaO7P2. The third kappa shape index (κ3) is 10.9. The molecule has 10 heteroatoms. The third-order valence-electron chi connectivity index (χ3n) is 0.945. The second-order valence-electron chi connectivity index (χ2n) is 2.33. The van der Waals surface area contributed by atoms with E-state index in [1.807, 2.05) is 0 Å². The van der Waals surface area contributed by atoms with Gasteiger partial charge >= 0.3 is 50.7 Å². The molecule has 0 aliphatic carbocycles. The van der Waals surface area contributed by atoms with Crippen LogP contribution in [0.25, 0.3) is 0 Å². The van der Waals surface area contributed by atoms with Gasteiger partial charge in [-0.05, 0) is 0 Å². The average Bonchev–Trinajstić information content (AvgIpc) is 1.79. The zero-order chi connectivity index (χ0) is 10.7. The van der Waals surface area contributed by atoms with Gasteiger partial charge in [0.1, 0.15) is 0 Å². The van der Waals surface area contributed by atoms with Gasteiger partial charge in [0, 0.05) is 6.92 Å². The van der Waals surface area contributed by atoms with Gasteiger partial charge in [0.05, 0.1) is 12.3 Å². The summed E-state index contributed by atoms with van der Waals surface area (Å²) in [5, 5.41) is 0. The van der Waals surface area contributed by atoms with E-state index in [1.54, 1.807) is 0 Å². The Bertz CT molecular complexity index is 283. The summed E-state index contributed by atoms with van der Waals surface area (Å²) in [7, 11) is -8.52. The van der Waals surface area contributed by atoms with Crippen molar-refractivity contribution in [2.45, 2.75) is 6.92 Å². The van der Waals surface area contributed by atoms with Crippen molar-refractivity contribution in [3.8, 4) is 0 Å². The van der Waals surface area contributed by atoms with Crippen LogP contribution >= 0.6 is 15.2 Å². The van der Waals surface area contributed by atoms with Crippen molar-refractivity contribution < 1.29 is 33.1 Å². The minimum atomic E-state index is -4.33. The van der Waals surface area contributed by atoms with Gasteiger partial charge in [0.2, 0.25) is 0 Å². The molecule has 0 aromatic rings. The summed E-state index contributed by atoms with van der Waals surface area (Å²) in [6, 6.07) is 0. The summed E-state index contributed by atoms with van der Waals surface area (Å²) in [5.74, 6) is -0.962. The van der Waals surface area contributed by atoms with Gasteiger partial charge < -0.3 is 19.2 Å². The Labute approximate surface area is 103 Å². The Balaban J connectivity index is 0. The van der Waals surface area contributed by atoms with Crippen LogP contribution < -0.4 is 0 Å². The Morgan fingerprint density at radius 2 is 1.64 bits per heavy atom. The summed E-state index contributed by atoms with van der Waals surface area (Å²) < 4.78 is 25.1. The third-order valence-corrected chi connectivity index (χ3v) is 3.44. The van der Waals surface area contributed by atoms with Gasteiger partial charge in [-0.25, -0.2) is 4.57 Å². The van der Waals surface area contributed by atoms with Crippen LogP contribution in [0, 0.1) is 0 Å². The number of rotatable bonds is 4. The monoisotopic (exact) mass is 256 g/mol. The molecule has 0 fully saturated rings. The second kappa shape index (κ2) is 6.40. The van der Waals surface area contributed by atoms with E-state index in [2.05, 4.69) is 4.52 Å². The molecule has 3 N–H and O–H groups in total. The minimum absolute atomic E-state index is 0. The van der Waals surface area contributed by atoms with Gasteiger partial charge in [-0.3, -0.25) is 9.36 Å². The van der Waals surface area contributed by atoms with Gasteiger partial charge in [-0.1, -0.05) is 0 Å². The first-order chi connectivity index (χ1) is 5.62. The first kappa shape index (κ1) is 17.2. The van der Waals surface area contributed by atoms with E-state index in [1.165, 1.54) is 0 Å². The van der Waals surface area contributed by atoms with Crippen molar-refractivity contribution in [2.75, 3.05) is 12.3 Å². The van der Waals surface area contributed by atoms with Crippen molar-refractivity contribution in [1.82, 2.24) is 0 Å². The van der Waals surface area contributed by atoms with Crippen molar-refractivity contribution in [3.05, 3.63) is 0 Å². The molecule has 0 aromatic carbocycles. The van der Waals surface area contributed by atoms with E-state index in [0.29, 0.717) is 0 Å². The maximum absolute atomic E-state index is 10.8. The van der Waals surface area contributed by atoms with Gasteiger partial charge in [0.25, 0.3) is 0 Å². The Morgan fingerprint density at radius 1 is 1.21 bits per heavy atom. The molecule has 0 radical (unpaired) electrons. The summed E-state index contributed by atoms with van der Waals surface area (Å²) in [4.78, 5) is 35.8. The molecule has 0 saturated carbocycles. The van der Waals surface area contributed by atoms with Crippen LogP contribution in [0.15, 0.2) is 0 Å². The second-order valence-corrected chi connectivity index (χ2v) is 6.01. The predicted octanol–water partition coefficient (Wildman–Crippen LogP) is -0.736. The molecule has 0 amide bonds. The molecule has 14 heavy (non-hydrogen) atoms. The molecule has 0 bridgehead atoms. The fourth-order valence-electron chi connectivity index (χ4n) is 0.503. The van der Waals surface area contributed by atoms with E-state index in [-0.39, 0.29) is 29.6 Å². The first-order valence-corrected chi connectivity index (χ1v) is 6.75. The van der Waals surface area contributed by atoms with Crippen LogP contribution in [0.4, 0.5) is 0 Å². The molecule has 0 aliphatic rings. The van der Waals surface area contributed by atoms with Crippen LogP contribution in [0.5, 0.6) is 0 Å². The SMILES string of the molecule is CC(=O)OP(=O)(O)CCP(=O)(O)O.[NaH]. The quantitative estimate of drug-likeness (QED) is 0.447. The predicted molar refractivity (Wildman–Crippen MR) is 50.5 cm³/mol. The molecular weight excluding hydrogens is 245 g/mol. The summed E-state index contributed by atoms with van der Waals surface area (Å²) in [5.41, 5.74) is 0. The molecule has 0 heterocycles. The number of carbonyl (C=O) groups is 1. The normalized spacial score (nSPS) is 15.1.